The van der Waals surface area contributed by atoms with Gasteiger partial charge in [0, 0.05) is 5.56 Å². The molecule has 27 heavy (non-hydrogen) atoms. The Balaban J connectivity index is 2.24. The number of amides is 1. The fourth-order valence-electron chi connectivity index (χ4n) is 2.49. The van der Waals surface area contributed by atoms with Crippen LogP contribution in [0.2, 0.25) is 0 Å². The zero-order valence-electron chi connectivity index (χ0n) is 15.5. The van der Waals surface area contributed by atoms with Crippen LogP contribution in [0, 0.1) is 0 Å². The van der Waals surface area contributed by atoms with Crippen LogP contribution in [0.25, 0.3) is 0 Å². The van der Waals surface area contributed by atoms with Gasteiger partial charge in [-0.3, -0.25) is 4.79 Å². The molecule has 0 bridgehead atoms. The third-order valence-electron chi connectivity index (χ3n) is 3.78. The van der Waals surface area contributed by atoms with Crippen molar-refractivity contribution in [1.82, 2.24) is 5.32 Å². The molecule has 7 heteroatoms. The number of ether oxygens (including phenoxy) is 3. The third kappa shape index (κ3) is 5.13. The van der Waals surface area contributed by atoms with Gasteiger partial charge in [-0.2, -0.15) is 0 Å². The minimum absolute atomic E-state index is 0.279. The number of hydrogen-bond donors (Lipinski definition) is 2. The van der Waals surface area contributed by atoms with Crippen LogP contribution in [0.15, 0.2) is 42.5 Å². The maximum absolute atomic E-state index is 12.6. The molecule has 0 radical (unpaired) electrons. The lowest BCUT2D eigenvalue weighted by Gasteiger charge is -2.16. The number of nitrogens with one attached hydrogen (secondary N) is 1. The van der Waals surface area contributed by atoms with Crippen molar-refractivity contribution in [1.29, 1.82) is 0 Å². The van der Waals surface area contributed by atoms with Gasteiger partial charge in [0.05, 0.1) is 20.3 Å². The quantitative estimate of drug-likeness (QED) is 0.702. The molecule has 2 rings (SSSR count). The maximum atomic E-state index is 12.6. The van der Waals surface area contributed by atoms with E-state index in [1.807, 2.05) is 13.8 Å². The largest absolute Gasteiger partial charge is 0.497 e. The molecule has 1 atom stereocenters. The van der Waals surface area contributed by atoms with Crippen LogP contribution in [0.3, 0.4) is 0 Å². The van der Waals surface area contributed by atoms with E-state index < -0.39 is 17.9 Å². The van der Waals surface area contributed by atoms with Crippen molar-refractivity contribution in [3.63, 3.8) is 0 Å². The Labute approximate surface area is 157 Å². The predicted molar refractivity (Wildman–Crippen MR) is 99.6 cm³/mol. The summed E-state index contributed by atoms with van der Waals surface area (Å²) in [5, 5.41) is 12.0. The highest BCUT2D eigenvalue weighted by Gasteiger charge is 2.23. The number of carboxylic acid groups (broad SMARTS) is 1. The number of hydrogen-bond acceptors (Lipinski definition) is 5. The van der Waals surface area contributed by atoms with Gasteiger partial charge in [0.25, 0.3) is 5.91 Å². The van der Waals surface area contributed by atoms with Gasteiger partial charge >= 0.3 is 5.97 Å². The normalized spacial score (nSPS) is 11.4. The van der Waals surface area contributed by atoms with E-state index in [1.54, 1.807) is 36.4 Å². The molecule has 2 aromatic rings. The highest BCUT2D eigenvalue weighted by atomic mass is 16.5. The molecule has 1 amide bonds. The molecule has 0 spiro atoms. The van der Waals surface area contributed by atoms with E-state index in [4.69, 9.17) is 14.2 Å². The highest BCUT2D eigenvalue weighted by molar-refractivity contribution is 5.97. The molecule has 0 aliphatic rings. The van der Waals surface area contributed by atoms with Crippen LogP contribution < -0.4 is 19.5 Å². The molecule has 144 valence electrons. The Kier molecular flexibility index (Phi) is 7.05. The number of carbonyl (C=O) groups is 2. The molecule has 1 unspecified atom stereocenters. The summed E-state index contributed by atoms with van der Waals surface area (Å²) >= 11 is 0. The summed E-state index contributed by atoms with van der Waals surface area (Å²) in [5.41, 5.74) is 0.717. The van der Waals surface area contributed by atoms with E-state index in [2.05, 4.69) is 5.32 Å². The Morgan fingerprint density at radius 3 is 2.19 bits per heavy atom. The van der Waals surface area contributed by atoms with Gasteiger partial charge in [0.2, 0.25) is 0 Å². The van der Waals surface area contributed by atoms with E-state index in [-0.39, 0.29) is 5.56 Å². The van der Waals surface area contributed by atoms with Crippen LogP contribution in [0.1, 0.15) is 35.8 Å². The molecule has 2 N–H and O–H groups in total. The smallest absolute Gasteiger partial charge is 0.330 e. The van der Waals surface area contributed by atoms with Gasteiger partial charge in [-0.05, 0) is 49.7 Å². The Bertz CT molecular complexity index is 788. The molecule has 0 saturated carbocycles. The first-order valence-corrected chi connectivity index (χ1v) is 8.57. The summed E-state index contributed by atoms with van der Waals surface area (Å²) in [6, 6.07) is 10.0. The van der Waals surface area contributed by atoms with Crippen LogP contribution in [0.4, 0.5) is 0 Å². The van der Waals surface area contributed by atoms with Crippen molar-refractivity contribution in [3.8, 4) is 17.2 Å². The van der Waals surface area contributed by atoms with Crippen LogP contribution >= 0.6 is 0 Å². The second kappa shape index (κ2) is 9.47. The standard InChI is InChI=1S/C20H23NO6/c1-4-26-16-11-8-14(12-17(16)27-5-2)19(22)21-18(20(23)24)13-6-9-15(25-3)10-7-13/h6-12,18H,4-5H2,1-3H3,(H,21,22)(H,23,24). The zero-order valence-corrected chi connectivity index (χ0v) is 15.5. The lowest BCUT2D eigenvalue weighted by atomic mass is 10.1. The SMILES string of the molecule is CCOc1ccc(C(=O)NC(C(=O)O)c2ccc(OC)cc2)cc1OCC. The lowest BCUT2D eigenvalue weighted by Crippen LogP contribution is -2.33. The molecular formula is C20H23NO6. The van der Waals surface area contributed by atoms with Crippen LogP contribution in [0.5, 0.6) is 17.2 Å². The predicted octanol–water partition coefficient (Wildman–Crippen LogP) is 3.05. The summed E-state index contributed by atoms with van der Waals surface area (Å²) in [6.45, 7) is 4.55. The summed E-state index contributed by atoms with van der Waals surface area (Å²) in [5.74, 6) is -0.127. The third-order valence-corrected chi connectivity index (χ3v) is 3.78. The van der Waals surface area contributed by atoms with Gasteiger partial charge in [-0.25, -0.2) is 4.79 Å². The average Bonchev–Trinajstić information content (AvgIpc) is 2.67. The zero-order chi connectivity index (χ0) is 19.8. The van der Waals surface area contributed by atoms with Gasteiger partial charge in [-0.1, -0.05) is 12.1 Å². The molecular weight excluding hydrogens is 350 g/mol. The minimum atomic E-state index is -1.19. The molecule has 2 aromatic carbocycles. The molecule has 7 nitrogen and oxygen atoms in total. The van der Waals surface area contributed by atoms with E-state index in [0.717, 1.165) is 0 Å². The van der Waals surface area contributed by atoms with Crippen molar-refractivity contribution in [2.45, 2.75) is 19.9 Å². The number of carbonyl (C=O) groups excluding carboxylic acids is 1. The Morgan fingerprint density at radius 2 is 1.63 bits per heavy atom. The Morgan fingerprint density at radius 1 is 1.00 bits per heavy atom. The van der Waals surface area contributed by atoms with Crippen molar-refractivity contribution in [3.05, 3.63) is 53.6 Å². The number of aliphatic carboxylic acids is 1. The first-order valence-electron chi connectivity index (χ1n) is 8.57. The maximum Gasteiger partial charge on any atom is 0.330 e. The van der Waals surface area contributed by atoms with Gasteiger partial charge in [-0.15, -0.1) is 0 Å². The number of methoxy groups -OCH3 is 1. The monoisotopic (exact) mass is 373 g/mol. The van der Waals surface area contributed by atoms with Crippen molar-refractivity contribution in [2.24, 2.45) is 0 Å². The molecule has 0 aliphatic heterocycles. The fourth-order valence-corrected chi connectivity index (χ4v) is 2.49. The molecule has 0 aromatic heterocycles. The lowest BCUT2D eigenvalue weighted by molar-refractivity contribution is -0.139. The molecule has 0 aliphatic carbocycles. The van der Waals surface area contributed by atoms with Crippen LogP contribution in [-0.4, -0.2) is 37.3 Å². The van der Waals surface area contributed by atoms with E-state index >= 15 is 0 Å². The average molecular weight is 373 g/mol. The number of carboxylic acids is 1. The van der Waals surface area contributed by atoms with Crippen molar-refractivity contribution in [2.75, 3.05) is 20.3 Å². The van der Waals surface area contributed by atoms with E-state index in [0.29, 0.717) is 36.0 Å². The van der Waals surface area contributed by atoms with E-state index in [1.165, 1.54) is 13.2 Å². The second-order valence-corrected chi connectivity index (χ2v) is 5.55. The Hall–Kier alpha value is -3.22. The van der Waals surface area contributed by atoms with Gasteiger partial charge < -0.3 is 24.6 Å². The summed E-state index contributed by atoms with van der Waals surface area (Å²) in [6.07, 6.45) is 0. The summed E-state index contributed by atoms with van der Waals surface area (Å²) < 4.78 is 16.0. The van der Waals surface area contributed by atoms with E-state index in [9.17, 15) is 14.7 Å². The molecule has 0 saturated heterocycles. The van der Waals surface area contributed by atoms with Crippen molar-refractivity contribution >= 4 is 11.9 Å². The number of rotatable bonds is 9. The fraction of sp³-hybridized carbons (Fsp3) is 0.300. The van der Waals surface area contributed by atoms with Gasteiger partial charge in [0.1, 0.15) is 5.75 Å². The van der Waals surface area contributed by atoms with Crippen molar-refractivity contribution < 1.29 is 28.9 Å². The van der Waals surface area contributed by atoms with Crippen LogP contribution in [-0.2, 0) is 4.79 Å². The van der Waals surface area contributed by atoms with Gasteiger partial charge in [0.15, 0.2) is 17.5 Å². The first-order chi connectivity index (χ1) is 13.0. The molecule has 0 heterocycles. The minimum Gasteiger partial charge on any atom is -0.497 e. The topological polar surface area (TPSA) is 94.1 Å². The molecule has 0 fully saturated rings. The summed E-state index contributed by atoms with van der Waals surface area (Å²) in [4.78, 5) is 24.2. The summed E-state index contributed by atoms with van der Waals surface area (Å²) in [7, 11) is 1.52. The highest BCUT2D eigenvalue weighted by Crippen LogP contribution is 2.29. The first kappa shape index (κ1) is 20.1. The number of benzene rings is 2. The second-order valence-electron chi connectivity index (χ2n) is 5.55.